The number of rotatable bonds is 8. The van der Waals surface area contributed by atoms with E-state index in [1.54, 1.807) is 19.1 Å². The first-order valence-corrected chi connectivity index (χ1v) is 12.1. The minimum absolute atomic E-state index is 0.178. The number of carbonyl (C=O) groups is 2. The molecule has 10 nitrogen and oxygen atoms in total. The number of carbonyl (C=O) groups excluding carboxylic acids is 2. The number of cyclic esters (lactones) is 2. The molecular formula is C28H32N2O8. The lowest BCUT2D eigenvalue weighted by Gasteiger charge is -2.35. The van der Waals surface area contributed by atoms with Gasteiger partial charge in [-0.1, -0.05) is 30.3 Å². The van der Waals surface area contributed by atoms with Gasteiger partial charge < -0.3 is 28.9 Å². The minimum Gasteiger partial charge on any atom is -0.711 e. The Balaban J connectivity index is 2.01. The summed E-state index contributed by atoms with van der Waals surface area (Å²) in [5.74, 6) is -4.49. The van der Waals surface area contributed by atoms with Crippen LogP contribution >= 0.6 is 0 Å². The van der Waals surface area contributed by atoms with Crippen molar-refractivity contribution in [3.05, 3.63) is 76.0 Å². The molecule has 0 spiro atoms. The van der Waals surface area contributed by atoms with Gasteiger partial charge in [-0.3, -0.25) is 9.59 Å². The molecule has 1 unspecified atom stereocenters. The van der Waals surface area contributed by atoms with Crippen LogP contribution in [-0.2, 0) is 25.6 Å². The molecule has 1 saturated heterocycles. The Bertz CT molecular complexity index is 1320. The van der Waals surface area contributed by atoms with E-state index in [-0.39, 0.29) is 5.82 Å². The maximum absolute atomic E-state index is 13.7. The molecule has 10 heteroatoms. The Labute approximate surface area is 221 Å². The molecule has 0 bridgehead atoms. The predicted molar refractivity (Wildman–Crippen MR) is 136 cm³/mol. The molecule has 0 N–H and O–H groups in total. The summed E-state index contributed by atoms with van der Waals surface area (Å²) in [7, 11) is 4.39. The molecule has 3 aromatic rings. The standard InChI is InChI=1S/C28H32N2O8/c1-16-17(2)30(33)25(29(16)15-18-11-9-8-10-12-18)22(23-26(31)37-28(3,4)38-27(23)32)19-13-20(34-5)24(36-7)21(14-19)35-6/h8-14,22-23H,15H2,1-7H3. The van der Waals surface area contributed by atoms with Gasteiger partial charge in [-0.15, -0.1) is 0 Å². The van der Waals surface area contributed by atoms with Crippen molar-refractivity contribution in [1.82, 2.24) is 4.57 Å². The normalized spacial score (nSPS) is 16.0. The summed E-state index contributed by atoms with van der Waals surface area (Å²) in [6, 6.07) is 12.8. The third-order valence-corrected chi connectivity index (χ3v) is 6.76. The number of ether oxygens (including phenoxy) is 5. The van der Waals surface area contributed by atoms with Gasteiger partial charge in [-0.25, -0.2) is 9.30 Å². The van der Waals surface area contributed by atoms with Crippen LogP contribution in [0.2, 0.25) is 0 Å². The van der Waals surface area contributed by atoms with Crippen LogP contribution in [0.5, 0.6) is 17.2 Å². The average molecular weight is 525 g/mol. The van der Waals surface area contributed by atoms with Crippen molar-refractivity contribution in [1.29, 1.82) is 0 Å². The van der Waals surface area contributed by atoms with E-state index in [4.69, 9.17) is 23.7 Å². The van der Waals surface area contributed by atoms with E-state index in [1.807, 2.05) is 41.8 Å². The Morgan fingerprint density at radius 1 is 0.974 bits per heavy atom. The van der Waals surface area contributed by atoms with E-state index >= 15 is 0 Å². The third kappa shape index (κ3) is 4.73. The van der Waals surface area contributed by atoms with Crippen LogP contribution in [0.4, 0.5) is 0 Å². The Hall–Kier alpha value is -4.21. The highest BCUT2D eigenvalue weighted by molar-refractivity contribution is 5.98. The van der Waals surface area contributed by atoms with Gasteiger partial charge in [0.25, 0.3) is 11.6 Å². The van der Waals surface area contributed by atoms with Crippen molar-refractivity contribution in [2.45, 2.75) is 45.9 Å². The smallest absolute Gasteiger partial charge is 0.324 e. The summed E-state index contributed by atoms with van der Waals surface area (Å²) < 4.78 is 30.1. The van der Waals surface area contributed by atoms with Crippen LogP contribution in [0.25, 0.3) is 0 Å². The molecular weight excluding hydrogens is 492 g/mol. The molecule has 1 aliphatic rings. The lowest BCUT2D eigenvalue weighted by molar-refractivity contribution is -0.621. The Morgan fingerprint density at radius 2 is 1.53 bits per heavy atom. The van der Waals surface area contributed by atoms with Gasteiger partial charge in [0.2, 0.25) is 5.75 Å². The summed E-state index contributed by atoms with van der Waals surface area (Å²) in [6.07, 6.45) is 0. The Morgan fingerprint density at radius 3 is 2.03 bits per heavy atom. The number of hydrogen-bond acceptors (Lipinski definition) is 8. The zero-order chi connectivity index (χ0) is 27.8. The molecule has 0 aliphatic carbocycles. The number of methoxy groups -OCH3 is 3. The highest BCUT2D eigenvalue weighted by Gasteiger charge is 2.52. The molecule has 1 atom stereocenters. The van der Waals surface area contributed by atoms with Gasteiger partial charge in [-0.2, -0.15) is 0 Å². The van der Waals surface area contributed by atoms with Crippen LogP contribution in [-0.4, -0.2) is 43.6 Å². The molecule has 0 radical (unpaired) electrons. The number of hydrogen-bond donors (Lipinski definition) is 0. The van der Waals surface area contributed by atoms with Crippen molar-refractivity contribution < 1.29 is 38.0 Å². The first kappa shape index (κ1) is 26.8. The molecule has 1 aliphatic heterocycles. The molecule has 1 aromatic heterocycles. The number of aromatic nitrogens is 2. The van der Waals surface area contributed by atoms with E-state index < -0.39 is 29.6 Å². The molecule has 2 heterocycles. The fraction of sp³-hybridized carbons (Fsp3) is 0.393. The molecule has 2 aromatic carbocycles. The zero-order valence-electron chi connectivity index (χ0n) is 22.6. The maximum atomic E-state index is 13.7. The highest BCUT2D eigenvalue weighted by Crippen LogP contribution is 2.45. The maximum Gasteiger partial charge on any atom is 0.324 e. The van der Waals surface area contributed by atoms with Crippen LogP contribution < -0.4 is 18.9 Å². The van der Waals surface area contributed by atoms with Gasteiger partial charge >= 0.3 is 11.9 Å². The van der Waals surface area contributed by atoms with Gasteiger partial charge in [-0.05, 0) is 23.3 Å². The van der Waals surface area contributed by atoms with Gasteiger partial charge in [0.05, 0.1) is 21.3 Å². The van der Waals surface area contributed by atoms with E-state index in [0.717, 1.165) is 10.3 Å². The second-order valence-corrected chi connectivity index (χ2v) is 9.55. The van der Waals surface area contributed by atoms with E-state index in [9.17, 15) is 14.8 Å². The average Bonchev–Trinajstić information content (AvgIpc) is 3.08. The summed E-state index contributed by atoms with van der Waals surface area (Å²) in [5, 5.41) is 13.7. The monoisotopic (exact) mass is 524 g/mol. The first-order chi connectivity index (χ1) is 18.0. The number of nitrogens with zero attached hydrogens (tertiary/aromatic N) is 2. The second kappa shape index (κ2) is 10.3. The fourth-order valence-electron chi connectivity index (χ4n) is 4.83. The van der Waals surface area contributed by atoms with E-state index in [2.05, 4.69) is 0 Å². The summed E-state index contributed by atoms with van der Waals surface area (Å²) >= 11 is 0. The van der Waals surface area contributed by atoms with Crippen LogP contribution in [0.1, 0.15) is 48.1 Å². The largest absolute Gasteiger partial charge is 0.711 e. The predicted octanol–water partition coefficient (Wildman–Crippen LogP) is 3.40. The molecule has 0 saturated carbocycles. The van der Waals surface area contributed by atoms with E-state index in [1.165, 1.54) is 35.2 Å². The van der Waals surface area contributed by atoms with E-state index in [0.29, 0.717) is 40.7 Å². The van der Waals surface area contributed by atoms with Crippen molar-refractivity contribution in [2.75, 3.05) is 21.3 Å². The number of benzene rings is 2. The van der Waals surface area contributed by atoms with Gasteiger partial charge in [0, 0.05) is 27.7 Å². The highest BCUT2D eigenvalue weighted by atomic mass is 16.7. The molecule has 0 amide bonds. The second-order valence-electron chi connectivity index (χ2n) is 9.55. The van der Waals surface area contributed by atoms with Gasteiger partial charge in [0.1, 0.15) is 23.9 Å². The van der Waals surface area contributed by atoms with Crippen molar-refractivity contribution in [3.63, 3.8) is 0 Å². The Kier molecular flexibility index (Phi) is 7.26. The molecule has 38 heavy (non-hydrogen) atoms. The SMILES string of the molecule is COc1cc(C(c2n(Cc3ccccc3)c(C)c(C)[n+]2[O-])C2C(=O)OC(C)(C)OC2=O)cc(OC)c1OC. The summed E-state index contributed by atoms with van der Waals surface area (Å²) in [5.41, 5.74) is 2.47. The van der Waals surface area contributed by atoms with Crippen LogP contribution in [0.3, 0.4) is 0 Å². The summed E-state index contributed by atoms with van der Waals surface area (Å²) in [4.78, 5) is 26.8. The lowest BCUT2D eigenvalue weighted by Crippen LogP contribution is -2.50. The minimum atomic E-state index is -1.46. The molecule has 202 valence electrons. The summed E-state index contributed by atoms with van der Waals surface area (Å²) in [6.45, 7) is 6.81. The number of imidazole rings is 1. The molecule has 1 fully saturated rings. The quantitative estimate of drug-likeness (QED) is 0.191. The zero-order valence-corrected chi connectivity index (χ0v) is 22.6. The molecule has 4 rings (SSSR count). The van der Waals surface area contributed by atoms with Crippen molar-refractivity contribution >= 4 is 11.9 Å². The van der Waals surface area contributed by atoms with Crippen molar-refractivity contribution in [3.8, 4) is 17.2 Å². The van der Waals surface area contributed by atoms with Crippen LogP contribution in [0, 0.1) is 25.0 Å². The van der Waals surface area contributed by atoms with Crippen LogP contribution in [0.15, 0.2) is 42.5 Å². The lowest BCUT2D eigenvalue weighted by atomic mass is 9.83. The van der Waals surface area contributed by atoms with Crippen molar-refractivity contribution in [2.24, 2.45) is 5.92 Å². The topological polar surface area (TPSA) is 112 Å². The third-order valence-electron chi connectivity index (χ3n) is 6.76. The van der Waals surface area contributed by atoms with Gasteiger partial charge in [0.15, 0.2) is 17.4 Å². The fourth-order valence-corrected chi connectivity index (χ4v) is 4.83. The number of esters is 2. The first-order valence-electron chi connectivity index (χ1n) is 12.1.